The second-order valence-electron chi connectivity index (χ2n) is 10.3. The van der Waals surface area contributed by atoms with Gasteiger partial charge in [-0.3, -0.25) is 9.71 Å². The summed E-state index contributed by atoms with van der Waals surface area (Å²) in [5.74, 6) is 0.0141. The van der Waals surface area contributed by atoms with Crippen molar-refractivity contribution in [1.29, 1.82) is 0 Å². The Morgan fingerprint density at radius 3 is 2.43 bits per heavy atom. The average Bonchev–Trinajstić information content (AvgIpc) is 3.00. The number of pyridine rings is 1. The lowest BCUT2D eigenvalue weighted by molar-refractivity contribution is -0.139. The Morgan fingerprint density at radius 1 is 0.932 bits per heavy atom. The molecule has 0 radical (unpaired) electrons. The first-order valence-electron chi connectivity index (χ1n) is 14.0. The Kier molecular flexibility index (Phi) is 9.45. The van der Waals surface area contributed by atoms with Crippen molar-refractivity contribution < 1.29 is 40.2 Å². The van der Waals surface area contributed by atoms with Gasteiger partial charge in [0.05, 0.1) is 35.4 Å². The Hall–Kier alpha value is -4.10. The number of hydrogen-bond donors (Lipinski definition) is 1. The molecule has 5 rings (SSSR count). The van der Waals surface area contributed by atoms with E-state index in [1.165, 1.54) is 56.8 Å². The van der Waals surface area contributed by atoms with Crippen LogP contribution in [-0.2, 0) is 16.2 Å². The number of hydrogen-bond acceptors (Lipinski definition) is 7. The largest absolute Gasteiger partial charge is 0.493 e. The molecule has 8 nitrogen and oxygen atoms in total. The van der Waals surface area contributed by atoms with Gasteiger partial charge in [0.25, 0.3) is 10.0 Å². The number of rotatable bonds is 11. The minimum Gasteiger partial charge on any atom is -0.493 e. The molecule has 0 spiro atoms. The van der Waals surface area contributed by atoms with Crippen LogP contribution >= 0.6 is 0 Å². The summed E-state index contributed by atoms with van der Waals surface area (Å²) in [6, 6.07) is 11.8. The van der Waals surface area contributed by atoms with E-state index >= 15 is 4.39 Å². The Morgan fingerprint density at radius 2 is 1.70 bits per heavy atom. The number of halogens is 4. The van der Waals surface area contributed by atoms with E-state index < -0.39 is 32.5 Å². The number of fused-ring (bicyclic) bond motifs is 1. The smallest absolute Gasteiger partial charge is 0.417 e. The maximum atomic E-state index is 15.1. The lowest BCUT2D eigenvalue weighted by Gasteiger charge is -2.26. The quantitative estimate of drug-likeness (QED) is 0.138. The van der Waals surface area contributed by atoms with E-state index in [9.17, 15) is 21.6 Å². The van der Waals surface area contributed by atoms with Crippen molar-refractivity contribution in [3.8, 4) is 23.0 Å². The van der Waals surface area contributed by atoms with Gasteiger partial charge in [0.15, 0.2) is 23.1 Å². The van der Waals surface area contributed by atoms with Gasteiger partial charge >= 0.3 is 6.18 Å². The number of piperidine rings is 1. The van der Waals surface area contributed by atoms with Crippen LogP contribution in [0, 0.1) is 5.82 Å². The van der Waals surface area contributed by atoms with E-state index in [0.717, 1.165) is 44.3 Å². The number of likely N-dealkylation sites (tertiary alicyclic amines) is 1. The molecule has 44 heavy (non-hydrogen) atoms. The highest BCUT2D eigenvalue weighted by Crippen LogP contribution is 2.38. The molecule has 0 unspecified atom stereocenters. The highest BCUT2D eigenvalue weighted by atomic mass is 32.2. The predicted octanol–water partition coefficient (Wildman–Crippen LogP) is 7.25. The van der Waals surface area contributed by atoms with Gasteiger partial charge in [-0.25, -0.2) is 12.8 Å². The molecule has 13 heteroatoms. The molecular weight excluding hydrogens is 602 g/mol. The van der Waals surface area contributed by atoms with Crippen molar-refractivity contribution in [2.75, 3.05) is 38.1 Å². The molecular formula is C31H31F4N3O5S. The molecule has 2 heterocycles. The first-order valence-corrected chi connectivity index (χ1v) is 15.5. The van der Waals surface area contributed by atoms with Gasteiger partial charge in [-0.05, 0) is 68.8 Å². The van der Waals surface area contributed by atoms with Crippen molar-refractivity contribution in [2.45, 2.75) is 36.8 Å². The van der Waals surface area contributed by atoms with Crippen LogP contribution in [0.4, 0.5) is 23.2 Å². The third-order valence-electron chi connectivity index (χ3n) is 7.20. The summed E-state index contributed by atoms with van der Waals surface area (Å²) in [4.78, 5) is 5.83. The Labute approximate surface area is 252 Å². The second kappa shape index (κ2) is 13.3. The van der Waals surface area contributed by atoms with Crippen LogP contribution in [0.1, 0.15) is 31.2 Å². The maximum Gasteiger partial charge on any atom is 0.417 e. The molecule has 1 aliphatic heterocycles. The van der Waals surface area contributed by atoms with Crippen LogP contribution in [-0.4, -0.2) is 51.7 Å². The molecule has 0 aliphatic carbocycles. The number of aromatic nitrogens is 1. The summed E-state index contributed by atoms with van der Waals surface area (Å²) in [7, 11) is -3.18. The van der Waals surface area contributed by atoms with Gasteiger partial charge in [0.1, 0.15) is 5.75 Å². The Balaban J connectivity index is 1.31. The van der Waals surface area contributed by atoms with Gasteiger partial charge in [-0.2, -0.15) is 13.2 Å². The van der Waals surface area contributed by atoms with Gasteiger partial charge in [0, 0.05) is 30.3 Å². The van der Waals surface area contributed by atoms with Crippen LogP contribution in [0.3, 0.4) is 0 Å². The molecule has 234 valence electrons. The molecule has 1 N–H and O–H groups in total. The van der Waals surface area contributed by atoms with E-state index in [4.69, 9.17) is 14.2 Å². The number of sulfonamides is 1. The van der Waals surface area contributed by atoms with Crippen LogP contribution in [0.5, 0.6) is 23.0 Å². The van der Waals surface area contributed by atoms with Crippen molar-refractivity contribution in [3.63, 3.8) is 0 Å². The fourth-order valence-electron chi connectivity index (χ4n) is 5.05. The first kappa shape index (κ1) is 31.3. The Bertz CT molecular complexity index is 1730. The van der Waals surface area contributed by atoms with Gasteiger partial charge < -0.3 is 19.1 Å². The molecule has 1 aromatic heterocycles. The molecule has 0 saturated carbocycles. The fourth-order valence-corrected chi connectivity index (χ4v) is 6.33. The third kappa shape index (κ3) is 7.33. The molecule has 0 amide bonds. The van der Waals surface area contributed by atoms with E-state index in [2.05, 4.69) is 9.88 Å². The van der Waals surface area contributed by atoms with Crippen LogP contribution in [0.25, 0.3) is 10.9 Å². The standard InChI is InChI=1S/C31H31F4N3O5S/c1-41-28-19-22-25(20-29(28)42-17-7-16-38-14-5-2-6-15-38)36-13-12-26(22)43-27-11-10-21(18-24(27)32)37-44(39,40)30-9-4-3-8-23(30)31(33,34)35/h3-4,8-13,18-20,37H,2,5-7,14-17H2,1H3. The van der Waals surface area contributed by atoms with Gasteiger partial charge in [0.2, 0.25) is 0 Å². The van der Waals surface area contributed by atoms with Crippen molar-refractivity contribution in [2.24, 2.45) is 0 Å². The van der Waals surface area contributed by atoms with Crippen molar-refractivity contribution in [1.82, 2.24) is 9.88 Å². The molecule has 1 aliphatic rings. The van der Waals surface area contributed by atoms with Crippen LogP contribution in [0.15, 0.2) is 71.8 Å². The number of nitrogens with one attached hydrogen (secondary N) is 1. The van der Waals surface area contributed by atoms with Crippen molar-refractivity contribution >= 4 is 26.6 Å². The number of benzene rings is 3. The summed E-state index contributed by atoms with van der Waals surface area (Å²) in [6.45, 7) is 3.68. The number of anilines is 1. The zero-order valence-corrected chi connectivity index (χ0v) is 24.7. The number of alkyl halides is 3. The van der Waals surface area contributed by atoms with E-state index in [0.29, 0.717) is 35.1 Å². The minimum absolute atomic E-state index is 0.242. The highest BCUT2D eigenvalue weighted by Gasteiger charge is 2.37. The van der Waals surface area contributed by atoms with Crippen LogP contribution < -0.4 is 18.9 Å². The average molecular weight is 634 g/mol. The second-order valence-corrected chi connectivity index (χ2v) is 11.9. The van der Waals surface area contributed by atoms with Crippen molar-refractivity contribution in [3.05, 3.63) is 78.2 Å². The van der Waals surface area contributed by atoms with Gasteiger partial charge in [-0.15, -0.1) is 0 Å². The minimum atomic E-state index is -4.90. The summed E-state index contributed by atoms with van der Waals surface area (Å²) < 4.78 is 100. The van der Waals surface area contributed by atoms with E-state index in [1.54, 1.807) is 12.1 Å². The molecule has 0 atom stereocenters. The lowest BCUT2D eigenvalue weighted by atomic mass is 10.1. The zero-order chi connectivity index (χ0) is 31.3. The number of methoxy groups -OCH3 is 1. The first-order chi connectivity index (χ1) is 21.0. The van der Waals surface area contributed by atoms with E-state index in [-0.39, 0.29) is 17.2 Å². The molecule has 3 aromatic carbocycles. The molecule has 4 aromatic rings. The predicted molar refractivity (Wildman–Crippen MR) is 157 cm³/mol. The normalized spacial score (nSPS) is 14.4. The summed E-state index contributed by atoms with van der Waals surface area (Å²) in [5, 5.41) is 0.512. The molecule has 0 bridgehead atoms. The third-order valence-corrected chi connectivity index (χ3v) is 8.64. The van der Waals surface area contributed by atoms with E-state index in [1.807, 2.05) is 4.72 Å². The number of nitrogens with zero attached hydrogens (tertiary/aromatic N) is 2. The maximum absolute atomic E-state index is 15.1. The van der Waals surface area contributed by atoms with Crippen LogP contribution in [0.2, 0.25) is 0 Å². The molecule has 1 fully saturated rings. The lowest BCUT2D eigenvalue weighted by Crippen LogP contribution is -2.31. The zero-order valence-electron chi connectivity index (χ0n) is 23.9. The SMILES string of the molecule is COc1cc2c(Oc3ccc(NS(=O)(=O)c4ccccc4C(F)(F)F)cc3F)ccnc2cc1OCCCN1CCCCC1. The topological polar surface area (TPSA) is 90.0 Å². The number of ether oxygens (including phenoxy) is 3. The van der Waals surface area contributed by atoms with Gasteiger partial charge in [-0.1, -0.05) is 18.6 Å². The highest BCUT2D eigenvalue weighted by molar-refractivity contribution is 7.92. The fraction of sp³-hybridized carbons (Fsp3) is 0.323. The molecule has 1 saturated heterocycles. The summed E-state index contributed by atoms with van der Waals surface area (Å²) >= 11 is 0. The summed E-state index contributed by atoms with van der Waals surface area (Å²) in [5.41, 5.74) is -1.10. The summed E-state index contributed by atoms with van der Waals surface area (Å²) in [6.07, 6.45) is 1.18. The monoisotopic (exact) mass is 633 g/mol.